The maximum absolute atomic E-state index is 13.2. The maximum Gasteiger partial charge on any atom is 0.123 e. The van der Waals surface area contributed by atoms with Gasteiger partial charge in [0.25, 0.3) is 0 Å². The van der Waals surface area contributed by atoms with Crippen molar-refractivity contribution in [2.75, 3.05) is 6.61 Å². The Hall–Kier alpha value is -0.930. The molecule has 0 aromatic heterocycles. The van der Waals surface area contributed by atoms with E-state index in [0.29, 0.717) is 5.92 Å². The van der Waals surface area contributed by atoms with Crippen molar-refractivity contribution >= 4 is 0 Å². The molecular formula is C13H18FNO. The van der Waals surface area contributed by atoms with Crippen molar-refractivity contribution in [3.05, 3.63) is 35.1 Å². The van der Waals surface area contributed by atoms with Gasteiger partial charge in [-0.15, -0.1) is 0 Å². The largest absolute Gasteiger partial charge is 0.395 e. The molecular weight excluding hydrogens is 205 g/mol. The molecule has 0 radical (unpaired) electrons. The third-order valence-corrected chi connectivity index (χ3v) is 3.29. The lowest BCUT2D eigenvalue weighted by Crippen LogP contribution is -2.34. The number of nitrogens with one attached hydrogen (secondary N) is 1. The number of hydrogen-bond acceptors (Lipinski definition) is 2. The predicted octanol–water partition coefficient (Wildman–Crippen LogP) is 2.03. The van der Waals surface area contributed by atoms with Gasteiger partial charge in [-0.3, -0.25) is 0 Å². The van der Waals surface area contributed by atoms with E-state index in [1.165, 1.54) is 11.6 Å². The van der Waals surface area contributed by atoms with Crippen LogP contribution in [0.3, 0.4) is 0 Å². The summed E-state index contributed by atoms with van der Waals surface area (Å²) in [4.78, 5) is 0. The number of aliphatic hydroxyl groups excluding tert-OH is 1. The van der Waals surface area contributed by atoms with Gasteiger partial charge in [0.1, 0.15) is 5.82 Å². The van der Waals surface area contributed by atoms with Gasteiger partial charge in [0, 0.05) is 12.1 Å². The molecule has 88 valence electrons. The second-order valence-electron chi connectivity index (χ2n) is 4.75. The minimum Gasteiger partial charge on any atom is -0.395 e. The molecule has 0 bridgehead atoms. The smallest absolute Gasteiger partial charge is 0.123 e. The molecule has 0 amide bonds. The van der Waals surface area contributed by atoms with Gasteiger partial charge in [0.15, 0.2) is 0 Å². The highest BCUT2D eigenvalue weighted by Crippen LogP contribution is 2.36. The molecule has 2 nitrogen and oxygen atoms in total. The molecule has 0 fully saturated rings. The Morgan fingerprint density at radius 1 is 1.56 bits per heavy atom. The molecule has 1 aromatic rings. The number of rotatable bonds is 3. The lowest BCUT2D eigenvalue weighted by Gasteiger charge is -2.22. The van der Waals surface area contributed by atoms with Crippen molar-refractivity contribution in [3.8, 4) is 0 Å². The average molecular weight is 223 g/mol. The van der Waals surface area contributed by atoms with Crippen LogP contribution >= 0.6 is 0 Å². The van der Waals surface area contributed by atoms with Crippen LogP contribution in [0.4, 0.5) is 4.39 Å². The summed E-state index contributed by atoms with van der Waals surface area (Å²) in [6, 6.07) is 5.20. The van der Waals surface area contributed by atoms with Crippen LogP contribution in [0.25, 0.3) is 0 Å². The van der Waals surface area contributed by atoms with E-state index < -0.39 is 0 Å². The summed E-state index contributed by atoms with van der Waals surface area (Å²) >= 11 is 0. The van der Waals surface area contributed by atoms with Crippen molar-refractivity contribution in [2.45, 2.75) is 32.4 Å². The molecule has 0 heterocycles. The van der Waals surface area contributed by atoms with Gasteiger partial charge in [0.2, 0.25) is 0 Å². The number of hydrogen-bond donors (Lipinski definition) is 2. The molecule has 2 rings (SSSR count). The van der Waals surface area contributed by atoms with Crippen molar-refractivity contribution in [1.29, 1.82) is 0 Å². The SMILES string of the molecule is CC1Cc2ccc(F)cc2C1N[C@H](C)CO. The molecule has 0 saturated heterocycles. The van der Waals surface area contributed by atoms with E-state index in [1.807, 2.05) is 13.0 Å². The van der Waals surface area contributed by atoms with Crippen LogP contribution in [0.1, 0.15) is 31.0 Å². The van der Waals surface area contributed by atoms with Gasteiger partial charge in [-0.1, -0.05) is 13.0 Å². The minimum atomic E-state index is -0.184. The van der Waals surface area contributed by atoms with Crippen LogP contribution in [0.5, 0.6) is 0 Å². The number of benzene rings is 1. The van der Waals surface area contributed by atoms with Gasteiger partial charge >= 0.3 is 0 Å². The van der Waals surface area contributed by atoms with E-state index in [-0.39, 0.29) is 24.5 Å². The zero-order chi connectivity index (χ0) is 11.7. The Kier molecular flexibility index (Phi) is 3.26. The van der Waals surface area contributed by atoms with E-state index in [1.54, 1.807) is 6.07 Å². The maximum atomic E-state index is 13.2. The summed E-state index contributed by atoms with van der Waals surface area (Å²) < 4.78 is 13.2. The van der Waals surface area contributed by atoms with Gasteiger partial charge < -0.3 is 10.4 Å². The number of fused-ring (bicyclic) bond motifs is 1. The normalized spacial score (nSPS) is 25.5. The summed E-state index contributed by atoms with van der Waals surface area (Å²) in [6.45, 7) is 4.19. The second kappa shape index (κ2) is 4.52. The molecule has 0 aliphatic heterocycles. The fourth-order valence-electron chi connectivity index (χ4n) is 2.43. The Labute approximate surface area is 95.5 Å². The zero-order valence-corrected chi connectivity index (χ0v) is 9.70. The molecule has 3 heteroatoms. The van der Waals surface area contributed by atoms with E-state index in [9.17, 15) is 4.39 Å². The van der Waals surface area contributed by atoms with Crippen LogP contribution in [0, 0.1) is 11.7 Å². The molecule has 1 aliphatic rings. The third kappa shape index (κ3) is 2.11. The standard InChI is InChI=1S/C13H18FNO/c1-8-5-10-3-4-11(14)6-12(10)13(8)15-9(2)7-16/h3-4,6,8-9,13,15-16H,5,7H2,1-2H3/t8?,9-,13?/m1/s1. The van der Waals surface area contributed by atoms with E-state index in [4.69, 9.17) is 5.11 Å². The first-order chi connectivity index (χ1) is 7.61. The summed E-state index contributed by atoms with van der Waals surface area (Å²) in [7, 11) is 0. The van der Waals surface area contributed by atoms with Crippen molar-refractivity contribution in [1.82, 2.24) is 5.32 Å². The summed E-state index contributed by atoms with van der Waals surface area (Å²) in [5.74, 6) is 0.266. The van der Waals surface area contributed by atoms with Crippen LogP contribution in [-0.4, -0.2) is 17.8 Å². The van der Waals surface area contributed by atoms with Crippen molar-refractivity contribution in [2.24, 2.45) is 5.92 Å². The fraction of sp³-hybridized carbons (Fsp3) is 0.538. The van der Waals surface area contributed by atoms with Crippen LogP contribution in [0.15, 0.2) is 18.2 Å². The van der Waals surface area contributed by atoms with Gasteiger partial charge in [-0.2, -0.15) is 0 Å². The van der Waals surface area contributed by atoms with Crippen LogP contribution < -0.4 is 5.32 Å². The highest BCUT2D eigenvalue weighted by Gasteiger charge is 2.30. The molecule has 1 aliphatic carbocycles. The molecule has 16 heavy (non-hydrogen) atoms. The fourth-order valence-corrected chi connectivity index (χ4v) is 2.43. The first-order valence-electron chi connectivity index (χ1n) is 5.77. The number of aliphatic hydroxyl groups is 1. The van der Waals surface area contributed by atoms with E-state index >= 15 is 0 Å². The molecule has 3 atom stereocenters. The second-order valence-corrected chi connectivity index (χ2v) is 4.75. The van der Waals surface area contributed by atoms with Gasteiger partial charge in [-0.05, 0) is 42.5 Å². The van der Waals surface area contributed by atoms with Gasteiger partial charge in [-0.25, -0.2) is 4.39 Å². The topological polar surface area (TPSA) is 32.3 Å². The Morgan fingerprint density at radius 2 is 2.31 bits per heavy atom. The van der Waals surface area contributed by atoms with Crippen molar-refractivity contribution < 1.29 is 9.50 Å². The summed E-state index contributed by atoms with van der Waals surface area (Å²) in [5, 5.41) is 12.4. The number of halogens is 1. The van der Waals surface area contributed by atoms with Crippen LogP contribution in [-0.2, 0) is 6.42 Å². The summed E-state index contributed by atoms with van der Waals surface area (Å²) in [5.41, 5.74) is 2.27. The van der Waals surface area contributed by atoms with E-state index in [2.05, 4.69) is 12.2 Å². The highest BCUT2D eigenvalue weighted by molar-refractivity contribution is 5.36. The lowest BCUT2D eigenvalue weighted by atomic mass is 10.0. The van der Waals surface area contributed by atoms with E-state index in [0.717, 1.165) is 12.0 Å². The minimum absolute atomic E-state index is 0.0432. The average Bonchev–Trinajstić information content (AvgIpc) is 2.55. The third-order valence-electron chi connectivity index (χ3n) is 3.29. The molecule has 0 spiro atoms. The molecule has 2 unspecified atom stereocenters. The molecule has 1 aromatic carbocycles. The molecule has 2 N–H and O–H groups in total. The quantitative estimate of drug-likeness (QED) is 0.821. The zero-order valence-electron chi connectivity index (χ0n) is 9.70. The summed E-state index contributed by atoms with van der Waals surface area (Å²) in [6.07, 6.45) is 0.978. The Morgan fingerprint density at radius 3 is 3.00 bits per heavy atom. The predicted molar refractivity (Wildman–Crippen MR) is 61.7 cm³/mol. The lowest BCUT2D eigenvalue weighted by molar-refractivity contribution is 0.231. The Balaban J connectivity index is 2.24. The highest BCUT2D eigenvalue weighted by atomic mass is 19.1. The van der Waals surface area contributed by atoms with Crippen LogP contribution in [0.2, 0.25) is 0 Å². The first-order valence-corrected chi connectivity index (χ1v) is 5.77. The van der Waals surface area contributed by atoms with Crippen molar-refractivity contribution in [3.63, 3.8) is 0 Å². The first kappa shape index (κ1) is 11.6. The van der Waals surface area contributed by atoms with Gasteiger partial charge in [0.05, 0.1) is 6.61 Å². The monoisotopic (exact) mass is 223 g/mol. The Bertz CT molecular complexity index is 380. The molecule has 0 saturated carbocycles.